The molecule has 0 aromatic heterocycles. The third-order valence-electron chi connectivity index (χ3n) is 5.53. The van der Waals surface area contributed by atoms with Gasteiger partial charge in [0.1, 0.15) is 17.3 Å². The van der Waals surface area contributed by atoms with Crippen LogP contribution in [0.5, 0.6) is 11.5 Å². The summed E-state index contributed by atoms with van der Waals surface area (Å²) in [4.78, 5) is 23.4. The zero-order chi connectivity index (χ0) is 25.5. The molecule has 8 heteroatoms. The van der Waals surface area contributed by atoms with Crippen molar-refractivity contribution in [1.82, 2.24) is 5.32 Å². The Morgan fingerprint density at radius 3 is 2.43 bits per heavy atom. The van der Waals surface area contributed by atoms with Gasteiger partial charge in [0, 0.05) is 30.2 Å². The average molecular weight is 486 g/mol. The van der Waals surface area contributed by atoms with Gasteiger partial charge < -0.3 is 15.2 Å². The molecule has 0 aliphatic heterocycles. The van der Waals surface area contributed by atoms with E-state index in [0.717, 1.165) is 11.1 Å². The number of ether oxygens (including phenoxy) is 1. The van der Waals surface area contributed by atoms with E-state index in [-0.39, 0.29) is 29.8 Å². The molecule has 0 aliphatic carbocycles. The van der Waals surface area contributed by atoms with Gasteiger partial charge in [-0.2, -0.15) is 0 Å². The number of carbonyl (C=O) groups excluding carboxylic acids is 1. The largest absolute Gasteiger partial charge is 0.481 e. The topological polar surface area (TPSA) is 75.6 Å². The molecule has 3 rings (SSSR count). The fraction of sp³-hybridized carbons (Fsp3) is 0.259. The Morgan fingerprint density at radius 1 is 1.00 bits per heavy atom. The van der Waals surface area contributed by atoms with Gasteiger partial charge in [-0.3, -0.25) is 9.59 Å². The minimum atomic E-state index is -2.62. The maximum atomic E-state index is 14.2. The van der Waals surface area contributed by atoms with Crippen LogP contribution in [0.3, 0.4) is 0 Å². The summed E-state index contributed by atoms with van der Waals surface area (Å²) in [5, 5.41) is 11.6. The van der Waals surface area contributed by atoms with Gasteiger partial charge in [-0.15, -0.1) is 0 Å². The highest BCUT2D eigenvalue weighted by atomic mass is 19.3. The molecule has 3 aromatic rings. The number of carboxylic acid groups (broad SMARTS) is 1. The molecule has 0 saturated carbocycles. The summed E-state index contributed by atoms with van der Waals surface area (Å²) in [6, 6.07) is 13.2. The molecule has 0 heterocycles. The molecule has 2 N–H and O–H groups in total. The molecule has 35 heavy (non-hydrogen) atoms. The summed E-state index contributed by atoms with van der Waals surface area (Å²) < 4.78 is 45.7. The molecule has 0 spiro atoms. The number of hydrogen-bond acceptors (Lipinski definition) is 3. The molecule has 0 atom stereocenters. The lowest BCUT2D eigenvalue weighted by molar-refractivity contribution is -0.136. The molecular formula is C27H26F3NO4. The molecule has 0 unspecified atom stereocenters. The Balaban J connectivity index is 1.70. The van der Waals surface area contributed by atoms with Crippen molar-refractivity contribution in [2.45, 2.75) is 46.1 Å². The van der Waals surface area contributed by atoms with Crippen molar-refractivity contribution in [2.24, 2.45) is 0 Å². The molecule has 5 nitrogen and oxygen atoms in total. The van der Waals surface area contributed by atoms with Crippen molar-refractivity contribution < 1.29 is 32.6 Å². The van der Waals surface area contributed by atoms with Crippen LogP contribution in [-0.4, -0.2) is 17.0 Å². The summed E-state index contributed by atoms with van der Waals surface area (Å²) in [7, 11) is 0. The minimum Gasteiger partial charge on any atom is -0.481 e. The highest BCUT2D eigenvalue weighted by molar-refractivity contribution is 5.95. The van der Waals surface area contributed by atoms with Crippen LogP contribution in [0.2, 0.25) is 0 Å². The van der Waals surface area contributed by atoms with Crippen LogP contribution >= 0.6 is 0 Å². The Morgan fingerprint density at radius 2 is 1.77 bits per heavy atom. The number of aliphatic carboxylic acids is 1. The number of nitrogens with one attached hydrogen (secondary N) is 1. The fourth-order valence-corrected chi connectivity index (χ4v) is 3.75. The van der Waals surface area contributed by atoms with Crippen molar-refractivity contribution >= 4 is 11.9 Å². The number of carboxylic acids is 1. The molecule has 3 aromatic carbocycles. The maximum absolute atomic E-state index is 14.2. The molecule has 0 radical (unpaired) electrons. The van der Waals surface area contributed by atoms with Crippen LogP contribution < -0.4 is 10.1 Å². The molecule has 1 amide bonds. The first-order valence-electron chi connectivity index (χ1n) is 11.1. The Kier molecular flexibility index (Phi) is 8.52. The van der Waals surface area contributed by atoms with Crippen molar-refractivity contribution in [3.8, 4) is 11.5 Å². The van der Waals surface area contributed by atoms with Crippen molar-refractivity contribution in [1.29, 1.82) is 0 Å². The predicted octanol–water partition coefficient (Wildman–Crippen LogP) is 6.37. The van der Waals surface area contributed by atoms with E-state index in [9.17, 15) is 22.8 Å². The van der Waals surface area contributed by atoms with Gasteiger partial charge in [0.25, 0.3) is 12.3 Å². The maximum Gasteiger partial charge on any atom is 0.303 e. The third kappa shape index (κ3) is 7.09. The molecule has 0 bridgehead atoms. The molecule has 184 valence electrons. The lowest BCUT2D eigenvalue weighted by Gasteiger charge is -2.13. The van der Waals surface area contributed by atoms with E-state index >= 15 is 0 Å². The first kappa shape index (κ1) is 25.8. The lowest BCUT2D eigenvalue weighted by Crippen LogP contribution is -2.23. The van der Waals surface area contributed by atoms with Gasteiger partial charge >= 0.3 is 5.97 Å². The van der Waals surface area contributed by atoms with Crippen LogP contribution in [0.25, 0.3) is 0 Å². The Bertz CT molecular complexity index is 1230. The number of carbonyl (C=O) groups is 2. The standard InChI is InChI=1S/C27H26F3NO4/c1-3-18-13-22(7-4-19(18)6-9-25(32)33)35-23-12-17(11-21(28)14-23)15-31-27(34)24-8-5-20(26(29)30)10-16(24)2/h4-5,7-8,10-14,26H,3,6,9,15H2,1-2H3,(H,31,34)(H,32,33). The van der Waals surface area contributed by atoms with Crippen molar-refractivity contribution in [3.05, 3.63) is 93.8 Å². The second kappa shape index (κ2) is 11.6. The predicted molar refractivity (Wildman–Crippen MR) is 126 cm³/mol. The second-order valence-electron chi connectivity index (χ2n) is 8.13. The summed E-state index contributed by atoms with van der Waals surface area (Å²) in [6.45, 7) is 3.54. The first-order chi connectivity index (χ1) is 16.7. The number of amides is 1. The van der Waals surface area contributed by atoms with E-state index in [2.05, 4.69) is 5.32 Å². The lowest BCUT2D eigenvalue weighted by atomic mass is 10.0. The van der Waals surface area contributed by atoms with Gasteiger partial charge in [-0.05, 0) is 78.4 Å². The first-order valence-corrected chi connectivity index (χ1v) is 11.1. The zero-order valence-corrected chi connectivity index (χ0v) is 19.4. The summed E-state index contributed by atoms with van der Waals surface area (Å²) in [6.07, 6.45) is -1.50. The number of aryl methyl sites for hydroxylation is 3. The third-order valence-corrected chi connectivity index (χ3v) is 5.53. The van der Waals surface area contributed by atoms with E-state index in [0.29, 0.717) is 29.7 Å². The normalized spacial score (nSPS) is 10.9. The van der Waals surface area contributed by atoms with Crippen LogP contribution in [0, 0.1) is 12.7 Å². The summed E-state index contributed by atoms with van der Waals surface area (Å²) >= 11 is 0. The quantitative estimate of drug-likeness (QED) is 0.350. The molecule has 0 aliphatic rings. The highest BCUT2D eigenvalue weighted by Crippen LogP contribution is 2.27. The van der Waals surface area contributed by atoms with Crippen molar-refractivity contribution in [2.75, 3.05) is 0 Å². The zero-order valence-electron chi connectivity index (χ0n) is 19.4. The fourth-order valence-electron chi connectivity index (χ4n) is 3.75. The Labute approximate surface area is 201 Å². The van der Waals surface area contributed by atoms with Gasteiger partial charge in [0.15, 0.2) is 0 Å². The monoisotopic (exact) mass is 485 g/mol. The van der Waals surface area contributed by atoms with E-state index in [4.69, 9.17) is 9.84 Å². The Hall–Kier alpha value is -3.81. The van der Waals surface area contributed by atoms with E-state index in [1.165, 1.54) is 30.3 Å². The molecular weight excluding hydrogens is 459 g/mol. The summed E-state index contributed by atoms with van der Waals surface area (Å²) in [5.41, 5.74) is 2.85. The molecule has 0 fully saturated rings. The van der Waals surface area contributed by atoms with Crippen LogP contribution in [0.1, 0.15) is 57.9 Å². The van der Waals surface area contributed by atoms with Crippen LogP contribution in [0.4, 0.5) is 13.2 Å². The van der Waals surface area contributed by atoms with Crippen LogP contribution in [-0.2, 0) is 24.2 Å². The van der Waals surface area contributed by atoms with E-state index < -0.39 is 24.1 Å². The highest BCUT2D eigenvalue weighted by Gasteiger charge is 2.14. The smallest absolute Gasteiger partial charge is 0.303 e. The van der Waals surface area contributed by atoms with Crippen LogP contribution in [0.15, 0.2) is 54.6 Å². The van der Waals surface area contributed by atoms with E-state index in [1.807, 2.05) is 6.92 Å². The molecule has 0 saturated heterocycles. The SMILES string of the molecule is CCc1cc(Oc2cc(F)cc(CNC(=O)c3ccc(C(F)F)cc3C)c2)ccc1CCC(=O)O. The summed E-state index contributed by atoms with van der Waals surface area (Å²) in [5.74, 6) is -1.15. The van der Waals surface area contributed by atoms with Gasteiger partial charge in [-0.1, -0.05) is 19.1 Å². The van der Waals surface area contributed by atoms with Gasteiger partial charge in [0.2, 0.25) is 0 Å². The average Bonchev–Trinajstić information content (AvgIpc) is 2.81. The van der Waals surface area contributed by atoms with Gasteiger partial charge in [0.05, 0.1) is 0 Å². The van der Waals surface area contributed by atoms with Crippen molar-refractivity contribution in [3.63, 3.8) is 0 Å². The number of benzene rings is 3. The number of hydrogen-bond donors (Lipinski definition) is 2. The number of alkyl halides is 2. The van der Waals surface area contributed by atoms with Gasteiger partial charge in [-0.25, -0.2) is 13.2 Å². The number of rotatable bonds is 10. The minimum absolute atomic E-state index is 0.0112. The van der Waals surface area contributed by atoms with E-state index in [1.54, 1.807) is 31.2 Å². The number of halogens is 3. The second-order valence-corrected chi connectivity index (χ2v) is 8.13.